The molecular formula is C42H46ClN3O6. The van der Waals surface area contributed by atoms with Gasteiger partial charge in [0.1, 0.15) is 0 Å². The van der Waals surface area contributed by atoms with E-state index in [0.29, 0.717) is 40.5 Å². The number of halogens is 1. The fraction of sp³-hybridized carbons (Fsp3) is 0.310. The molecule has 0 spiro atoms. The molecule has 6 rings (SSSR count). The summed E-state index contributed by atoms with van der Waals surface area (Å²) in [7, 11) is 9.74. The van der Waals surface area contributed by atoms with Crippen LogP contribution in [0.5, 0.6) is 34.5 Å². The van der Waals surface area contributed by atoms with Crippen LogP contribution in [0.2, 0.25) is 5.02 Å². The Kier molecular flexibility index (Phi) is 11.9. The number of pyridine rings is 1. The van der Waals surface area contributed by atoms with Crippen molar-refractivity contribution in [2.24, 2.45) is 0 Å². The van der Waals surface area contributed by atoms with E-state index >= 15 is 0 Å². The highest BCUT2D eigenvalue weighted by Crippen LogP contribution is 2.42. The Morgan fingerprint density at radius 1 is 0.635 bits per heavy atom. The minimum absolute atomic E-state index is 0.348. The molecule has 0 N–H and O–H groups in total. The highest BCUT2D eigenvalue weighted by atomic mass is 35.5. The van der Waals surface area contributed by atoms with Crippen molar-refractivity contribution in [1.29, 1.82) is 0 Å². The number of aromatic nitrogens is 1. The van der Waals surface area contributed by atoms with E-state index in [0.717, 1.165) is 77.7 Å². The van der Waals surface area contributed by atoms with Gasteiger partial charge in [-0.15, -0.1) is 0 Å². The molecule has 5 aromatic rings. The molecule has 2 heterocycles. The first kappa shape index (κ1) is 36.7. The summed E-state index contributed by atoms with van der Waals surface area (Å²) < 4.78 is 33.5. The summed E-state index contributed by atoms with van der Waals surface area (Å²) in [5, 5.41) is 0.723. The lowest BCUT2D eigenvalue weighted by Gasteiger charge is -2.40. The van der Waals surface area contributed by atoms with Gasteiger partial charge in [-0.05, 0) is 102 Å². The number of ether oxygens (including phenoxy) is 6. The first-order valence-electron chi connectivity index (χ1n) is 17.3. The molecule has 272 valence electrons. The summed E-state index contributed by atoms with van der Waals surface area (Å²) in [6, 6.07) is 29.3. The third-order valence-corrected chi connectivity index (χ3v) is 9.88. The fourth-order valence-corrected chi connectivity index (χ4v) is 7.09. The van der Waals surface area contributed by atoms with E-state index in [1.807, 2.05) is 42.6 Å². The normalized spacial score (nSPS) is 13.4. The number of benzene rings is 4. The van der Waals surface area contributed by atoms with Gasteiger partial charge in [0.05, 0.1) is 48.4 Å². The Balaban J connectivity index is 1.19. The van der Waals surface area contributed by atoms with Crippen molar-refractivity contribution in [3.63, 3.8) is 0 Å². The number of hydrogen-bond acceptors (Lipinski definition) is 9. The van der Waals surface area contributed by atoms with E-state index in [1.54, 1.807) is 42.7 Å². The molecule has 1 aliphatic heterocycles. The SMILES string of the molecule is COc1cc(-c2cccc(CN3CCC(N(Cc4ccnc(-c5cc(OC)c(OC)c(OC)c5)c4)c4ccc(Cl)cc4)CC3)c2)cc(OC)c1OC. The van der Waals surface area contributed by atoms with Gasteiger partial charge in [-0.1, -0.05) is 29.8 Å². The average Bonchev–Trinajstić information content (AvgIpc) is 3.19. The maximum absolute atomic E-state index is 6.33. The summed E-state index contributed by atoms with van der Waals surface area (Å²) >= 11 is 6.33. The molecule has 0 bridgehead atoms. The highest BCUT2D eigenvalue weighted by molar-refractivity contribution is 6.30. The third kappa shape index (κ3) is 8.16. The Labute approximate surface area is 311 Å². The van der Waals surface area contributed by atoms with Gasteiger partial charge < -0.3 is 33.3 Å². The third-order valence-electron chi connectivity index (χ3n) is 9.63. The van der Waals surface area contributed by atoms with Gasteiger partial charge >= 0.3 is 0 Å². The van der Waals surface area contributed by atoms with Gasteiger partial charge in [0.25, 0.3) is 0 Å². The van der Waals surface area contributed by atoms with E-state index in [4.69, 9.17) is 45.0 Å². The molecule has 0 saturated carbocycles. The number of piperidine rings is 1. The van der Waals surface area contributed by atoms with Crippen LogP contribution in [0.3, 0.4) is 0 Å². The summed E-state index contributed by atoms with van der Waals surface area (Å²) in [5.41, 5.74) is 7.39. The molecular weight excluding hydrogens is 678 g/mol. The molecule has 1 saturated heterocycles. The van der Waals surface area contributed by atoms with Crippen molar-refractivity contribution < 1.29 is 28.4 Å². The largest absolute Gasteiger partial charge is 0.493 e. The van der Waals surface area contributed by atoms with Crippen LogP contribution in [0.15, 0.2) is 91.1 Å². The van der Waals surface area contributed by atoms with Crippen LogP contribution in [0.1, 0.15) is 24.0 Å². The van der Waals surface area contributed by atoms with Gasteiger partial charge in [-0.25, -0.2) is 0 Å². The predicted octanol–water partition coefficient (Wildman–Crippen LogP) is 8.79. The lowest BCUT2D eigenvalue weighted by molar-refractivity contribution is 0.201. The molecule has 1 aromatic heterocycles. The van der Waals surface area contributed by atoms with Crippen molar-refractivity contribution in [3.05, 3.63) is 107 Å². The highest BCUT2D eigenvalue weighted by Gasteiger charge is 2.26. The van der Waals surface area contributed by atoms with Gasteiger partial charge in [0.15, 0.2) is 23.0 Å². The van der Waals surface area contributed by atoms with Gasteiger partial charge in [0.2, 0.25) is 11.5 Å². The first-order valence-corrected chi connectivity index (χ1v) is 17.6. The molecule has 1 fully saturated rings. The number of likely N-dealkylation sites (tertiary alicyclic amines) is 1. The average molecular weight is 724 g/mol. The predicted molar refractivity (Wildman–Crippen MR) is 207 cm³/mol. The van der Waals surface area contributed by atoms with E-state index in [9.17, 15) is 0 Å². The van der Waals surface area contributed by atoms with Gasteiger partial charge in [0, 0.05) is 54.7 Å². The van der Waals surface area contributed by atoms with Crippen LogP contribution >= 0.6 is 11.6 Å². The maximum Gasteiger partial charge on any atom is 0.203 e. The van der Waals surface area contributed by atoms with Gasteiger partial charge in [-0.3, -0.25) is 9.88 Å². The van der Waals surface area contributed by atoms with E-state index < -0.39 is 0 Å². The van der Waals surface area contributed by atoms with Crippen LogP contribution < -0.4 is 33.3 Å². The number of hydrogen-bond donors (Lipinski definition) is 0. The van der Waals surface area contributed by atoms with Crippen molar-refractivity contribution in [2.45, 2.75) is 32.0 Å². The number of anilines is 1. The number of nitrogens with zero attached hydrogens (tertiary/aromatic N) is 3. The fourth-order valence-electron chi connectivity index (χ4n) is 6.96. The molecule has 10 heteroatoms. The van der Waals surface area contributed by atoms with Crippen LogP contribution in [0.25, 0.3) is 22.4 Å². The van der Waals surface area contributed by atoms with Crippen LogP contribution in [-0.2, 0) is 13.1 Å². The second kappa shape index (κ2) is 16.9. The number of rotatable bonds is 14. The van der Waals surface area contributed by atoms with E-state index in [-0.39, 0.29) is 0 Å². The van der Waals surface area contributed by atoms with Gasteiger partial charge in [-0.2, -0.15) is 0 Å². The molecule has 52 heavy (non-hydrogen) atoms. The van der Waals surface area contributed by atoms with Crippen molar-refractivity contribution >= 4 is 17.3 Å². The minimum Gasteiger partial charge on any atom is -0.493 e. The monoisotopic (exact) mass is 723 g/mol. The molecule has 0 atom stereocenters. The lowest BCUT2D eigenvalue weighted by Crippen LogP contribution is -2.44. The zero-order valence-electron chi connectivity index (χ0n) is 30.6. The maximum atomic E-state index is 6.33. The molecule has 9 nitrogen and oxygen atoms in total. The number of methoxy groups -OCH3 is 6. The first-order chi connectivity index (χ1) is 25.4. The molecule has 0 radical (unpaired) electrons. The summed E-state index contributed by atoms with van der Waals surface area (Å²) in [5.74, 6) is 3.59. The summed E-state index contributed by atoms with van der Waals surface area (Å²) in [6.07, 6.45) is 3.92. The van der Waals surface area contributed by atoms with E-state index in [1.165, 1.54) is 5.56 Å². The molecule has 0 aliphatic carbocycles. The van der Waals surface area contributed by atoms with E-state index in [2.05, 4.69) is 58.3 Å². The zero-order valence-corrected chi connectivity index (χ0v) is 31.4. The lowest BCUT2D eigenvalue weighted by atomic mass is 9.99. The topological polar surface area (TPSA) is 74.8 Å². The zero-order chi connectivity index (χ0) is 36.6. The summed E-state index contributed by atoms with van der Waals surface area (Å²) in [4.78, 5) is 9.76. The smallest absolute Gasteiger partial charge is 0.203 e. The van der Waals surface area contributed by atoms with Crippen LogP contribution in [0, 0.1) is 0 Å². The van der Waals surface area contributed by atoms with Crippen molar-refractivity contribution in [2.75, 3.05) is 60.6 Å². The molecule has 1 aliphatic rings. The Bertz CT molecular complexity index is 1910. The molecule has 0 amide bonds. The molecule has 0 unspecified atom stereocenters. The second-order valence-electron chi connectivity index (χ2n) is 12.7. The Morgan fingerprint density at radius 2 is 1.21 bits per heavy atom. The Morgan fingerprint density at radius 3 is 1.77 bits per heavy atom. The second-order valence-corrected chi connectivity index (χ2v) is 13.1. The Hall–Kier alpha value is -5.12. The van der Waals surface area contributed by atoms with Crippen molar-refractivity contribution in [3.8, 4) is 56.9 Å². The van der Waals surface area contributed by atoms with Crippen LogP contribution in [-0.4, -0.2) is 71.7 Å². The van der Waals surface area contributed by atoms with Crippen molar-refractivity contribution in [1.82, 2.24) is 9.88 Å². The van der Waals surface area contributed by atoms with Crippen LogP contribution in [0.4, 0.5) is 5.69 Å². The standard InChI is InChI=1S/C42H46ClN3O6/c1-47-37-22-31(23-38(48-2)41(37)51-5)30-9-7-8-28(20-30)26-45-18-15-35(16-19-45)46(34-12-10-33(43)11-13-34)27-29-14-17-44-36(21-29)32-24-39(49-3)42(52-6)40(25-32)50-4/h7-14,17,20-25,35H,15-16,18-19,26-27H2,1-6H3. The quantitative estimate of drug-likeness (QED) is 0.112. The minimum atomic E-state index is 0.348. The molecule has 4 aromatic carbocycles. The summed E-state index contributed by atoms with van der Waals surface area (Å²) in [6.45, 7) is 3.56.